The lowest BCUT2D eigenvalue weighted by atomic mass is 9.98. The van der Waals surface area contributed by atoms with Gasteiger partial charge in [-0.25, -0.2) is 9.18 Å². The monoisotopic (exact) mass is 446 g/mol. The van der Waals surface area contributed by atoms with Crippen LogP contribution >= 0.6 is 0 Å². The van der Waals surface area contributed by atoms with Crippen LogP contribution in [0.25, 0.3) is 11.1 Å². The second kappa shape index (κ2) is 9.82. The molecule has 2 unspecified atom stereocenters. The molecule has 0 radical (unpaired) electrons. The first-order valence-corrected chi connectivity index (χ1v) is 10.6. The lowest BCUT2D eigenvalue weighted by molar-refractivity contribution is 0.0135. The average Bonchev–Trinajstić information content (AvgIpc) is 3.16. The number of ether oxygens (including phenoxy) is 1. The van der Waals surface area contributed by atoms with Gasteiger partial charge in [0, 0.05) is 12.5 Å². The average molecular weight is 446 g/mol. The summed E-state index contributed by atoms with van der Waals surface area (Å²) in [6, 6.07) is 21.4. The first-order valence-electron chi connectivity index (χ1n) is 10.6. The molecule has 4 rings (SSSR count). The van der Waals surface area contributed by atoms with Crippen LogP contribution < -0.4 is 5.32 Å². The van der Waals surface area contributed by atoms with E-state index in [2.05, 4.69) is 17.4 Å². The first-order chi connectivity index (χ1) is 16.0. The number of nitriles is 1. The second-order valence-corrected chi connectivity index (χ2v) is 7.90. The van der Waals surface area contributed by atoms with Crippen LogP contribution in [0.5, 0.6) is 0 Å². The predicted molar refractivity (Wildman–Crippen MR) is 120 cm³/mol. The van der Waals surface area contributed by atoms with Crippen molar-refractivity contribution < 1.29 is 24.1 Å². The van der Waals surface area contributed by atoms with Crippen molar-refractivity contribution in [2.45, 2.75) is 24.5 Å². The van der Waals surface area contributed by atoms with Crippen molar-refractivity contribution in [1.82, 2.24) is 5.32 Å². The van der Waals surface area contributed by atoms with E-state index in [1.54, 1.807) is 6.07 Å². The van der Waals surface area contributed by atoms with Gasteiger partial charge >= 0.3 is 6.09 Å². The fourth-order valence-corrected chi connectivity index (χ4v) is 4.16. The Bertz CT molecular complexity index is 1160. The van der Waals surface area contributed by atoms with Gasteiger partial charge in [-0.2, -0.15) is 5.26 Å². The molecular weight excluding hydrogens is 423 g/mol. The van der Waals surface area contributed by atoms with E-state index < -0.39 is 24.1 Å². The molecule has 1 aliphatic carbocycles. The molecule has 168 valence electrons. The quantitative estimate of drug-likeness (QED) is 0.509. The molecule has 0 heterocycles. The number of benzene rings is 3. The maximum Gasteiger partial charge on any atom is 0.407 e. The number of aliphatic hydroxyl groups is 2. The van der Waals surface area contributed by atoms with Gasteiger partial charge in [0.1, 0.15) is 24.6 Å². The maximum atomic E-state index is 13.7. The van der Waals surface area contributed by atoms with Crippen LogP contribution in [0, 0.1) is 17.1 Å². The van der Waals surface area contributed by atoms with Crippen molar-refractivity contribution in [2.75, 3.05) is 13.2 Å². The van der Waals surface area contributed by atoms with Gasteiger partial charge < -0.3 is 20.3 Å². The zero-order valence-corrected chi connectivity index (χ0v) is 17.7. The highest BCUT2D eigenvalue weighted by Gasteiger charge is 2.29. The number of rotatable bonds is 7. The van der Waals surface area contributed by atoms with Crippen LogP contribution in [0.1, 0.15) is 40.7 Å². The molecule has 0 saturated heterocycles. The van der Waals surface area contributed by atoms with Crippen molar-refractivity contribution in [1.29, 1.82) is 5.26 Å². The van der Waals surface area contributed by atoms with Crippen molar-refractivity contribution in [3.63, 3.8) is 0 Å². The normalized spacial score (nSPS) is 14.0. The number of alkyl carbamates (subject to hydrolysis) is 1. The summed E-state index contributed by atoms with van der Waals surface area (Å²) in [5.41, 5.74) is 4.51. The number of carbonyl (C=O) groups is 1. The molecule has 0 spiro atoms. The van der Waals surface area contributed by atoms with E-state index in [4.69, 9.17) is 10.00 Å². The molecule has 2 atom stereocenters. The number of amides is 1. The predicted octanol–water partition coefficient (Wildman–Crippen LogP) is 4.02. The van der Waals surface area contributed by atoms with Crippen LogP contribution in [0.15, 0.2) is 66.7 Å². The molecule has 3 aromatic carbocycles. The highest BCUT2D eigenvalue weighted by molar-refractivity contribution is 5.79. The van der Waals surface area contributed by atoms with Crippen LogP contribution in [-0.2, 0) is 4.74 Å². The van der Waals surface area contributed by atoms with E-state index in [-0.39, 0.29) is 36.6 Å². The van der Waals surface area contributed by atoms with Gasteiger partial charge in [-0.1, -0.05) is 54.6 Å². The number of aliphatic hydroxyl groups excluding tert-OH is 2. The Hall–Kier alpha value is -3.73. The Morgan fingerprint density at radius 1 is 1.06 bits per heavy atom. The van der Waals surface area contributed by atoms with Crippen molar-refractivity contribution in [2.24, 2.45) is 0 Å². The molecule has 0 bridgehead atoms. The van der Waals surface area contributed by atoms with Crippen LogP contribution in [0.4, 0.5) is 9.18 Å². The summed E-state index contributed by atoms with van der Waals surface area (Å²) < 4.78 is 19.2. The third kappa shape index (κ3) is 4.72. The molecule has 7 heteroatoms. The fraction of sp³-hybridized carbons (Fsp3) is 0.231. The van der Waals surface area contributed by atoms with E-state index in [1.165, 1.54) is 12.1 Å². The van der Waals surface area contributed by atoms with E-state index in [0.29, 0.717) is 0 Å². The number of nitrogens with zero attached hydrogens (tertiary/aromatic N) is 1. The summed E-state index contributed by atoms with van der Waals surface area (Å²) in [7, 11) is 0. The molecule has 6 nitrogen and oxygen atoms in total. The Balaban J connectivity index is 1.28. The largest absolute Gasteiger partial charge is 0.449 e. The smallest absolute Gasteiger partial charge is 0.407 e. The molecule has 0 aromatic heterocycles. The molecule has 33 heavy (non-hydrogen) atoms. The lowest BCUT2D eigenvalue weighted by Gasteiger charge is -2.19. The van der Waals surface area contributed by atoms with Crippen LogP contribution in [-0.4, -0.2) is 35.6 Å². The first kappa shape index (κ1) is 22.5. The van der Waals surface area contributed by atoms with Gasteiger partial charge in [-0.05, 0) is 46.4 Å². The minimum absolute atomic E-state index is 0.0347. The molecule has 3 N–H and O–H groups in total. The van der Waals surface area contributed by atoms with Gasteiger partial charge in [0.2, 0.25) is 0 Å². The number of hydrogen-bond acceptors (Lipinski definition) is 5. The SMILES string of the molecule is N#Cc1ccc(C(O)C(O)CCNC(=O)OCC2c3ccccc3-c3ccccc32)cc1F. The van der Waals surface area contributed by atoms with Gasteiger partial charge in [0.15, 0.2) is 0 Å². The Morgan fingerprint density at radius 3 is 2.30 bits per heavy atom. The summed E-state index contributed by atoms with van der Waals surface area (Å²) in [5, 5.41) is 31.8. The van der Waals surface area contributed by atoms with Gasteiger partial charge in [-0.15, -0.1) is 0 Å². The molecule has 0 saturated carbocycles. The molecular formula is C26H23FN2O4. The summed E-state index contributed by atoms with van der Waals surface area (Å²) in [4.78, 5) is 12.2. The summed E-state index contributed by atoms with van der Waals surface area (Å²) in [5.74, 6) is -0.820. The molecule has 0 fully saturated rings. The van der Waals surface area contributed by atoms with Gasteiger partial charge in [-0.3, -0.25) is 0 Å². The Kier molecular flexibility index (Phi) is 6.68. The van der Waals surface area contributed by atoms with E-state index in [9.17, 15) is 19.4 Å². The molecule has 3 aromatic rings. The number of nitrogens with one attached hydrogen (secondary N) is 1. The summed E-state index contributed by atoms with van der Waals surface area (Å²) >= 11 is 0. The van der Waals surface area contributed by atoms with Gasteiger partial charge in [0.05, 0.1) is 11.7 Å². The number of fused-ring (bicyclic) bond motifs is 3. The zero-order valence-electron chi connectivity index (χ0n) is 17.7. The number of hydrogen-bond donors (Lipinski definition) is 3. The standard InChI is InChI=1S/C26H23FN2O4/c27-23-13-16(9-10-17(23)14-28)25(31)24(30)11-12-29-26(32)33-15-22-20-7-3-1-5-18(20)19-6-2-4-8-21(19)22/h1-10,13,22,24-25,30-31H,11-12,15H2,(H,29,32). The van der Waals surface area contributed by atoms with Crippen LogP contribution in [0.3, 0.4) is 0 Å². The third-order valence-electron chi connectivity index (χ3n) is 5.87. The second-order valence-electron chi connectivity index (χ2n) is 7.90. The van der Waals surface area contributed by atoms with E-state index in [1.807, 2.05) is 36.4 Å². The Labute approximate surface area is 190 Å². The minimum atomic E-state index is -1.35. The van der Waals surface area contributed by atoms with Crippen LogP contribution in [0.2, 0.25) is 0 Å². The summed E-state index contributed by atoms with van der Waals surface area (Å²) in [6.07, 6.45) is -3.17. The molecule has 0 aliphatic heterocycles. The van der Waals surface area contributed by atoms with E-state index in [0.717, 1.165) is 28.3 Å². The topological polar surface area (TPSA) is 103 Å². The number of halogens is 1. The fourth-order valence-electron chi connectivity index (χ4n) is 4.16. The lowest BCUT2D eigenvalue weighted by Crippen LogP contribution is -2.30. The van der Waals surface area contributed by atoms with E-state index >= 15 is 0 Å². The highest BCUT2D eigenvalue weighted by Crippen LogP contribution is 2.44. The van der Waals surface area contributed by atoms with Crippen molar-refractivity contribution >= 4 is 6.09 Å². The summed E-state index contributed by atoms with van der Waals surface area (Å²) in [6.45, 7) is 0.239. The van der Waals surface area contributed by atoms with Crippen molar-refractivity contribution in [3.8, 4) is 17.2 Å². The zero-order chi connectivity index (χ0) is 23.4. The Morgan fingerprint density at radius 2 is 1.70 bits per heavy atom. The van der Waals surface area contributed by atoms with Gasteiger partial charge in [0.25, 0.3) is 0 Å². The highest BCUT2D eigenvalue weighted by atomic mass is 19.1. The van der Waals surface area contributed by atoms with Crippen molar-refractivity contribution in [3.05, 3.63) is 94.8 Å². The minimum Gasteiger partial charge on any atom is -0.449 e. The maximum absolute atomic E-state index is 13.7. The number of carbonyl (C=O) groups excluding carboxylic acids is 1. The third-order valence-corrected chi connectivity index (χ3v) is 5.87. The molecule has 1 aliphatic rings. The molecule has 1 amide bonds.